The molecule has 0 aliphatic rings. The summed E-state index contributed by atoms with van der Waals surface area (Å²) in [4.78, 5) is 17.0. The number of imidazole rings is 1. The highest BCUT2D eigenvalue weighted by molar-refractivity contribution is 6.04. The minimum atomic E-state index is -0.207. The molecule has 5 nitrogen and oxygen atoms in total. The van der Waals surface area contributed by atoms with E-state index in [0.717, 1.165) is 11.3 Å². The van der Waals surface area contributed by atoms with Crippen molar-refractivity contribution >= 4 is 17.2 Å². The van der Waals surface area contributed by atoms with Crippen LogP contribution in [0.15, 0.2) is 73.1 Å². The van der Waals surface area contributed by atoms with E-state index >= 15 is 0 Å². The molecular weight excluding hydrogens is 362 g/mol. The highest BCUT2D eigenvalue weighted by Crippen LogP contribution is 2.17. The van der Waals surface area contributed by atoms with Gasteiger partial charge >= 0.3 is 0 Å². The number of amides is 1. The van der Waals surface area contributed by atoms with Gasteiger partial charge in [-0.25, -0.2) is 4.98 Å². The maximum absolute atomic E-state index is 12.4. The van der Waals surface area contributed by atoms with Gasteiger partial charge in [-0.05, 0) is 61.0 Å². The largest absolute Gasteiger partial charge is 0.487 e. The minimum Gasteiger partial charge on any atom is -0.487 e. The zero-order valence-electron chi connectivity index (χ0n) is 15.9. The molecule has 0 spiro atoms. The predicted molar refractivity (Wildman–Crippen MR) is 113 cm³/mol. The zero-order chi connectivity index (χ0) is 20.2. The first-order chi connectivity index (χ1) is 14.1. The van der Waals surface area contributed by atoms with E-state index < -0.39 is 0 Å². The number of ether oxygens (including phenoxy) is 1. The Bertz CT molecular complexity index is 1220. The molecule has 1 N–H and O–H groups in total. The number of nitrogens with one attached hydrogen (secondary N) is 1. The van der Waals surface area contributed by atoms with Crippen LogP contribution in [0.1, 0.15) is 27.2 Å². The second kappa shape index (κ2) is 7.91. The summed E-state index contributed by atoms with van der Waals surface area (Å²) in [6.07, 6.45) is 9.37. The molecule has 0 bridgehead atoms. The Kier molecular flexibility index (Phi) is 5.00. The summed E-state index contributed by atoms with van der Waals surface area (Å²) in [6, 6.07) is 18.2. The summed E-state index contributed by atoms with van der Waals surface area (Å²) in [5, 5.41) is 2.84. The molecule has 2 aromatic heterocycles. The standard InChI is InChI=1S/C24H19N3O2/c1-3-18-5-4-6-20(13-18)26-24(28)19-8-10-22(11-9-19)29-16-21-15-27-14-17(2)7-12-23(27)25-21/h1,4-15H,16H2,2H3,(H,26,28). The van der Waals surface area contributed by atoms with E-state index in [4.69, 9.17) is 11.2 Å². The van der Waals surface area contributed by atoms with Crippen molar-refractivity contribution < 1.29 is 9.53 Å². The van der Waals surface area contributed by atoms with Gasteiger partial charge in [0.1, 0.15) is 18.0 Å². The summed E-state index contributed by atoms with van der Waals surface area (Å²) in [6.45, 7) is 2.39. The van der Waals surface area contributed by atoms with Gasteiger partial charge in [0.25, 0.3) is 5.91 Å². The summed E-state index contributed by atoms with van der Waals surface area (Å²) < 4.78 is 7.79. The molecule has 4 aromatic rings. The van der Waals surface area contributed by atoms with Gasteiger partial charge in [0, 0.05) is 29.2 Å². The quantitative estimate of drug-likeness (QED) is 0.520. The van der Waals surface area contributed by atoms with Gasteiger partial charge in [-0.1, -0.05) is 18.1 Å². The first-order valence-electron chi connectivity index (χ1n) is 9.16. The van der Waals surface area contributed by atoms with Gasteiger partial charge in [0.15, 0.2) is 0 Å². The van der Waals surface area contributed by atoms with Crippen molar-refractivity contribution in [1.29, 1.82) is 0 Å². The lowest BCUT2D eigenvalue weighted by Crippen LogP contribution is -2.11. The topological polar surface area (TPSA) is 55.6 Å². The van der Waals surface area contributed by atoms with Crippen LogP contribution >= 0.6 is 0 Å². The first-order valence-corrected chi connectivity index (χ1v) is 9.16. The third kappa shape index (κ3) is 4.28. The lowest BCUT2D eigenvalue weighted by Gasteiger charge is -2.07. The SMILES string of the molecule is C#Cc1cccc(NC(=O)c2ccc(OCc3cn4cc(C)ccc4n3)cc2)c1. The molecule has 0 atom stereocenters. The smallest absolute Gasteiger partial charge is 0.255 e. The second-order valence-corrected chi connectivity index (χ2v) is 6.70. The fourth-order valence-corrected chi connectivity index (χ4v) is 2.97. The van der Waals surface area contributed by atoms with Crippen LogP contribution in [-0.2, 0) is 6.61 Å². The fourth-order valence-electron chi connectivity index (χ4n) is 2.97. The van der Waals surface area contributed by atoms with E-state index in [1.807, 2.05) is 48.0 Å². The van der Waals surface area contributed by atoms with Crippen LogP contribution in [0.3, 0.4) is 0 Å². The summed E-state index contributed by atoms with van der Waals surface area (Å²) >= 11 is 0. The number of rotatable bonds is 5. The number of terminal acetylenes is 1. The molecule has 1 amide bonds. The highest BCUT2D eigenvalue weighted by atomic mass is 16.5. The number of benzene rings is 2. The van der Waals surface area contributed by atoms with Crippen LogP contribution in [0, 0.1) is 19.3 Å². The van der Waals surface area contributed by atoms with Crippen molar-refractivity contribution in [3.63, 3.8) is 0 Å². The Balaban J connectivity index is 1.39. The van der Waals surface area contributed by atoms with E-state index in [0.29, 0.717) is 29.2 Å². The number of nitrogens with zero attached hydrogens (tertiary/aromatic N) is 2. The van der Waals surface area contributed by atoms with Gasteiger partial charge in [0.05, 0.1) is 5.69 Å². The molecule has 0 unspecified atom stereocenters. The molecular formula is C24H19N3O2. The van der Waals surface area contributed by atoms with E-state index in [9.17, 15) is 4.79 Å². The average Bonchev–Trinajstić information content (AvgIpc) is 3.14. The van der Waals surface area contributed by atoms with Crippen LogP contribution in [0.5, 0.6) is 5.75 Å². The van der Waals surface area contributed by atoms with Crippen LogP contribution in [0.4, 0.5) is 5.69 Å². The fraction of sp³-hybridized carbons (Fsp3) is 0.0833. The average molecular weight is 381 g/mol. The molecule has 0 fully saturated rings. The number of carbonyl (C=O) groups excluding carboxylic acids is 1. The lowest BCUT2D eigenvalue weighted by molar-refractivity contribution is 0.102. The third-order valence-electron chi connectivity index (χ3n) is 4.44. The van der Waals surface area contributed by atoms with Crippen LogP contribution in [-0.4, -0.2) is 15.3 Å². The molecule has 0 saturated heterocycles. The van der Waals surface area contributed by atoms with Crippen molar-refractivity contribution in [3.8, 4) is 18.1 Å². The van der Waals surface area contributed by atoms with E-state index in [-0.39, 0.29) is 5.91 Å². The molecule has 2 heterocycles. The molecule has 4 rings (SSSR count). The molecule has 0 saturated carbocycles. The Labute approximate surface area is 169 Å². The Morgan fingerprint density at radius 3 is 2.76 bits per heavy atom. The van der Waals surface area contributed by atoms with Crippen molar-refractivity contribution in [1.82, 2.24) is 9.38 Å². The number of anilines is 1. The van der Waals surface area contributed by atoms with E-state index in [2.05, 4.69) is 16.2 Å². The van der Waals surface area contributed by atoms with Gasteiger partial charge in [-0.2, -0.15) is 0 Å². The Morgan fingerprint density at radius 2 is 1.97 bits per heavy atom. The van der Waals surface area contributed by atoms with Crippen LogP contribution in [0.2, 0.25) is 0 Å². The summed E-state index contributed by atoms with van der Waals surface area (Å²) in [7, 11) is 0. The summed E-state index contributed by atoms with van der Waals surface area (Å²) in [5.41, 5.74) is 4.80. The van der Waals surface area contributed by atoms with Crippen molar-refractivity contribution in [2.45, 2.75) is 13.5 Å². The molecule has 0 aliphatic carbocycles. The lowest BCUT2D eigenvalue weighted by atomic mass is 10.1. The molecule has 0 radical (unpaired) electrons. The number of fused-ring (bicyclic) bond motifs is 1. The predicted octanol–water partition coefficient (Wildman–Crippen LogP) is 4.46. The molecule has 0 aliphatic heterocycles. The molecule has 29 heavy (non-hydrogen) atoms. The van der Waals surface area contributed by atoms with Crippen LogP contribution in [0.25, 0.3) is 5.65 Å². The molecule has 142 valence electrons. The molecule has 2 aromatic carbocycles. The zero-order valence-corrected chi connectivity index (χ0v) is 15.9. The monoisotopic (exact) mass is 381 g/mol. The number of carbonyl (C=O) groups is 1. The van der Waals surface area contributed by atoms with Gasteiger partial charge < -0.3 is 14.5 Å². The number of pyridine rings is 1. The van der Waals surface area contributed by atoms with Gasteiger partial charge in [-0.3, -0.25) is 4.79 Å². The van der Waals surface area contributed by atoms with E-state index in [1.54, 1.807) is 36.4 Å². The van der Waals surface area contributed by atoms with E-state index in [1.165, 1.54) is 5.56 Å². The van der Waals surface area contributed by atoms with Gasteiger partial charge in [0.2, 0.25) is 0 Å². The highest BCUT2D eigenvalue weighted by Gasteiger charge is 2.08. The first kappa shape index (κ1) is 18.3. The van der Waals surface area contributed by atoms with Crippen molar-refractivity contribution in [2.24, 2.45) is 0 Å². The number of hydrogen-bond acceptors (Lipinski definition) is 3. The third-order valence-corrected chi connectivity index (χ3v) is 4.44. The van der Waals surface area contributed by atoms with Crippen molar-refractivity contribution in [2.75, 3.05) is 5.32 Å². The Hall–Kier alpha value is -4.04. The van der Waals surface area contributed by atoms with Crippen LogP contribution < -0.4 is 10.1 Å². The maximum Gasteiger partial charge on any atom is 0.255 e. The number of aromatic nitrogens is 2. The summed E-state index contributed by atoms with van der Waals surface area (Å²) in [5.74, 6) is 3.02. The van der Waals surface area contributed by atoms with Gasteiger partial charge in [-0.15, -0.1) is 6.42 Å². The maximum atomic E-state index is 12.4. The number of aryl methyl sites for hydroxylation is 1. The minimum absolute atomic E-state index is 0.207. The van der Waals surface area contributed by atoms with Crippen molar-refractivity contribution in [3.05, 3.63) is 95.4 Å². The second-order valence-electron chi connectivity index (χ2n) is 6.70. The Morgan fingerprint density at radius 1 is 1.14 bits per heavy atom. The number of hydrogen-bond donors (Lipinski definition) is 1. The molecule has 5 heteroatoms. The normalized spacial score (nSPS) is 10.5.